The van der Waals surface area contributed by atoms with Gasteiger partial charge < -0.3 is 19.1 Å². The van der Waals surface area contributed by atoms with Crippen LogP contribution in [0.1, 0.15) is 17.3 Å². The number of hydrazone groups is 1. The van der Waals surface area contributed by atoms with Crippen LogP contribution in [0.4, 0.5) is 5.69 Å². The first-order valence-corrected chi connectivity index (χ1v) is 11.3. The number of rotatable bonds is 8. The van der Waals surface area contributed by atoms with Gasteiger partial charge in [-0.2, -0.15) is 0 Å². The fourth-order valence-electron chi connectivity index (χ4n) is 3.93. The van der Waals surface area contributed by atoms with E-state index < -0.39 is 0 Å². The van der Waals surface area contributed by atoms with Crippen molar-refractivity contribution in [2.45, 2.75) is 12.6 Å². The summed E-state index contributed by atoms with van der Waals surface area (Å²) in [6, 6.07) is 21.8. The summed E-state index contributed by atoms with van der Waals surface area (Å²) in [5.74, 6) is 1.71. The Hall–Kier alpha value is -3.03. The molecule has 0 fully saturated rings. The number of nitrogens with zero attached hydrogens (tertiary/aromatic N) is 3. The van der Waals surface area contributed by atoms with E-state index in [0.29, 0.717) is 27.4 Å². The molecule has 1 atom stereocenters. The largest absolute Gasteiger partial charge is 0.493 e. The average Bonchev–Trinajstić information content (AvgIpc) is 3.18. The van der Waals surface area contributed by atoms with E-state index in [0.717, 1.165) is 24.2 Å². The lowest BCUT2D eigenvalue weighted by atomic mass is 10.1. The summed E-state index contributed by atoms with van der Waals surface area (Å²) >= 11 is 10.9. The van der Waals surface area contributed by atoms with Crippen LogP contribution in [0.25, 0.3) is 0 Å². The van der Waals surface area contributed by atoms with Gasteiger partial charge >= 0.3 is 0 Å². The first-order chi connectivity index (χ1) is 16.0. The second-order valence-corrected chi connectivity index (χ2v) is 8.32. The highest BCUT2D eigenvalue weighted by atomic mass is 35.5. The average molecular weight is 484 g/mol. The number of hydrogen-bond acceptors (Lipinski definition) is 6. The minimum absolute atomic E-state index is 0.268. The summed E-state index contributed by atoms with van der Waals surface area (Å²) < 4.78 is 16.7. The van der Waals surface area contributed by atoms with E-state index in [1.807, 2.05) is 59.6 Å². The lowest BCUT2D eigenvalue weighted by Gasteiger charge is -2.32. The Morgan fingerprint density at radius 1 is 0.909 bits per heavy atom. The normalized spacial score (nSPS) is 15.4. The van der Waals surface area contributed by atoms with E-state index in [1.165, 1.54) is 5.56 Å². The molecule has 3 aromatic carbocycles. The van der Waals surface area contributed by atoms with E-state index >= 15 is 0 Å². The Morgan fingerprint density at radius 2 is 1.55 bits per heavy atom. The van der Waals surface area contributed by atoms with E-state index in [1.54, 1.807) is 21.3 Å². The fraction of sp³-hybridized carbons (Fsp3) is 0.240. The van der Waals surface area contributed by atoms with E-state index in [9.17, 15) is 0 Å². The van der Waals surface area contributed by atoms with Gasteiger partial charge in [0.05, 0.1) is 27.0 Å². The quantitative estimate of drug-likeness (QED) is 0.421. The zero-order valence-corrected chi connectivity index (χ0v) is 20.4. The second kappa shape index (κ2) is 10.3. The molecule has 0 aliphatic carbocycles. The number of halogens is 1. The van der Waals surface area contributed by atoms with Crippen LogP contribution in [0, 0.1) is 0 Å². The van der Waals surface area contributed by atoms with Gasteiger partial charge in [-0.3, -0.25) is 0 Å². The van der Waals surface area contributed by atoms with Gasteiger partial charge in [0.15, 0.2) is 22.8 Å². The van der Waals surface area contributed by atoms with Gasteiger partial charge in [-0.15, -0.1) is 17.7 Å². The molecule has 8 heteroatoms. The van der Waals surface area contributed by atoms with Crippen molar-refractivity contribution in [2.24, 2.45) is 5.10 Å². The third-order valence-corrected chi connectivity index (χ3v) is 6.14. The van der Waals surface area contributed by atoms with Gasteiger partial charge in [0.2, 0.25) is 5.75 Å². The Bertz CT molecular complexity index is 1100. The van der Waals surface area contributed by atoms with Crippen molar-refractivity contribution in [3.63, 3.8) is 0 Å². The third kappa shape index (κ3) is 4.84. The van der Waals surface area contributed by atoms with Crippen LogP contribution >= 0.6 is 24.2 Å². The summed E-state index contributed by atoms with van der Waals surface area (Å²) in [7, 11) is 4.82. The Morgan fingerprint density at radius 3 is 2.12 bits per heavy atom. The smallest absolute Gasteiger partial charge is 0.203 e. The topological polar surface area (TPSA) is 46.5 Å². The maximum Gasteiger partial charge on any atom is 0.203 e. The van der Waals surface area contributed by atoms with Crippen LogP contribution in [-0.2, 0) is 6.42 Å². The predicted octanol–water partition coefficient (Wildman–Crippen LogP) is 5.63. The highest BCUT2D eigenvalue weighted by Crippen LogP contribution is 2.44. The SMILES string of the molecule is COc1cc(C2N(CCc3ccccc3)C(S)=NN2c2ccc(Cl)cc2)cc(OC)c1OC. The van der Waals surface area contributed by atoms with Gasteiger partial charge in [0.1, 0.15) is 0 Å². The maximum atomic E-state index is 6.13. The van der Waals surface area contributed by atoms with Crippen LogP contribution in [0.5, 0.6) is 17.2 Å². The molecule has 1 aliphatic heterocycles. The lowest BCUT2D eigenvalue weighted by Crippen LogP contribution is -2.35. The van der Waals surface area contributed by atoms with Crippen molar-refractivity contribution in [1.29, 1.82) is 0 Å². The van der Waals surface area contributed by atoms with Crippen LogP contribution in [0.3, 0.4) is 0 Å². The van der Waals surface area contributed by atoms with Crippen LogP contribution in [0.2, 0.25) is 5.02 Å². The van der Waals surface area contributed by atoms with Crippen LogP contribution in [0.15, 0.2) is 71.8 Å². The molecule has 0 radical (unpaired) electrons. The molecule has 0 amide bonds. The zero-order valence-electron chi connectivity index (χ0n) is 18.7. The molecule has 33 heavy (non-hydrogen) atoms. The molecule has 0 bridgehead atoms. The minimum Gasteiger partial charge on any atom is -0.493 e. The summed E-state index contributed by atoms with van der Waals surface area (Å²) in [5.41, 5.74) is 3.07. The third-order valence-electron chi connectivity index (χ3n) is 5.54. The highest BCUT2D eigenvalue weighted by molar-refractivity contribution is 7.96. The lowest BCUT2D eigenvalue weighted by molar-refractivity contribution is 0.315. The van der Waals surface area contributed by atoms with Crippen molar-refractivity contribution < 1.29 is 14.2 Å². The standard InChI is InChI=1S/C25H26ClN3O3S/c1-30-21-15-18(16-22(31-2)23(21)32-3)24-28(14-13-17-7-5-4-6-8-17)25(33)27-29(24)20-11-9-19(26)10-12-20/h4-12,15-16,24H,13-14H2,1-3H3,(H,27,33). The van der Waals surface area contributed by atoms with Gasteiger partial charge in [0.25, 0.3) is 0 Å². The van der Waals surface area contributed by atoms with Gasteiger partial charge in [-0.25, -0.2) is 5.01 Å². The molecule has 4 rings (SSSR count). The molecule has 1 unspecified atom stereocenters. The van der Waals surface area contributed by atoms with Gasteiger partial charge in [-0.05, 0) is 48.4 Å². The fourth-order valence-corrected chi connectivity index (χ4v) is 4.36. The van der Waals surface area contributed by atoms with Crippen molar-refractivity contribution in [3.8, 4) is 17.2 Å². The molecular weight excluding hydrogens is 458 g/mol. The van der Waals surface area contributed by atoms with E-state index in [-0.39, 0.29) is 6.17 Å². The number of hydrogen-bond donors (Lipinski definition) is 1. The number of benzene rings is 3. The molecule has 6 nitrogen and oxygen atoms in total. The Kier molecular flexibility index (Phi) is 7.20. The maximum absolute atomic E-state index is 6.13. The van der Waals surface area contributed by atoms with E-state index in [2.05, 4.69) is 17.0 Å². The number of methoxy groups -OCH3 is 3. The molecule has 0 spiro atoms. The Labute approximate surface area is 204 Å². The van der Waals surface area contributed by atoms with Crippen molar-refractivity contribution >= 4 is 35.1 Å². The second-order valence-electron chi connectivity index (χ2n) is 7.48. The predicted molar refractivity (Wildman–Crippen MR) is 136 cm³/mol. The molecule has 0 aromatic heterocycles. The number of amidine groups is 1. The Balaban J connectivity index is 1.76. The monoisotopic (exact) mass is 483 g/mol. The highest BCUT2D eigenvalue weighted by Gasteiger charge is 2.36. The molecule has 0 N–H and O–H groups in total. The summed E-state index contributed by atoms with van der Waals surface area (Å²) in [4.78, 5) is 2.16. The summed E-state index contributed by atoms with van der Waals surface area (Å²) in [6.07, 6.45) is 0.576. The molecule has 3 aromatic rings. The van der Waals surface area contributed by atoms with Crippen LogP contribution in [-0.4, -0.2) is 37.9 Å². The van der Waals surface area contributed by atoms with Crippen molar-refractivity contribution in [3.05, 3.63) is 82.9 Å². The first kappa shape index (κ1) is 23.1. The molecular formula is C25H26ClN3O3S. The summed E-state index contributed by atoms with van der Waals surface area (Å²) in [6.45, 7) is 0.720. The van der Waals surface area contributed by atoms with Gasteiger partial charge in [-0.1, -0.05) is 41.9 Å². The molecule has 1 aliphatic rings. The van der Waals surface area contributed by atoms with Crippen molar-refractivity contribution in [1.82, 2.24) is 4.90 Å². The minimum atomic E-state index is -0.268. The number of anilines is 1. The van der Waals surface area contributed by atoms with Crippen LogP contribution < -0.4 is 19.2 Å². The molecule has 0 saturated heterocycles. The van der Waals surface area contributed by atoms with E-state index in [4.69, 9.17) is 43.5 Å². The molecule has 1 heterocycles. The first-order valence-electron chi connectivity index (χ1n) is 10.5. The molecule has 0 saturated carbocycles. The number of thiol groups is 1. The van der Waals surface area contributed by atoms with Crippen molar-refractivity contribution in [2.75, 3.05) is 32.9 Å². The number of ether oxygens (including phenoxy) is 3. The summed E-state index contributed by atoms with van der Waals surface area (Å²) in [5, 5.41) is 8.00. The molecule has 172 valence electrons. The zero-order chi connectivity index (χ0) is 23.4. The van der Waals surface area contributed by atoms with Gasteiger partial charge in [0, 0.05) is 17.1 Å².